The van der Waals surface area contributed by atoms with Gasteiger partial charge in [-0.25, -0.2) is 0 Å². The van der Waals surface area contributed by atoms with Gasteiger partial charge < -0.3 is 4.74 Å². The van der Waals surface area contributed by atoms with E-state index >= 15 is 0 Å². The first kappa shape index (κ1) is 12.0. The molecule has 1 nitrogen and oxygen atoms in total. The number of methoxy groups -OCH3 is 1. The van der Waals surface area contributed by atoms with Gasteiger partial charge in [0.1, 0.15) is 5.75 Å². The molecule has 17 heavy (non-hydrogen) atoms. The summed E-state index contributed by atoms with van der Waals surface area (Å²) in [5.74, 6) is 0.824. The Bertz CT molecular complexity index is 547. The lowest BCUT2D eigenvalue weighted by Crippen LogP contribution is -1.88. The van der Waals surface area contributed by atoms with Crippen LogP contribution in [0.4, 0.5) is 0 Å². The van der Waals surface area contributed by atoms with Gasteiger partial charge in [0.15, 0.2) is 0 Å². The molecule has 0 aliphatic carbocycles. The van der Waals surface area contributed by atoms with E-state index in [1.54, 1.807) is 7.11 Å². The predicted molar refractivity (Wildman–Crippen MR) is 72.9 cm³/mol. The molecule has 2 aromatic carbocycles. The molecule has 0 spiro atoms. The molecule has 0 atom stereocenters. The van der Waals surface area contributed by atoms with Crippen molar-refractivity contribution in [2.75, 3.05) is 7.11 Å². The van der Waals surface area contributed by atoms with E-state index in [0.717, 1.165) is 21.9 Å². The molecule has 0 bridgehead atoms. The number of rotatable bonds is 2. The topological polar surface area (TPSA) is 9.23 Å². The zero-order valence-corrected chi connectivity index (χ0v) is 11.0. The maximum Gasteiger partial charge on any atom is 0.119 e. The maximum atomic E-state index is 6.26. The number of benzene rings is 2. The van der Waals surface area contributed by atoms with Gasteiger partial charge in [0.2, 0.25) is 0 Å². The second-order valence-electron chi connectivity index (χ2n) is 4.16. The van der Waals surface area contributed by atoms with Crippen LogP contribution in [0, 0.1) is 13.8 Å². The Labute approximate surface area is 107 Å². The summed E-state index contributed by atoms with van der Waals surface area (Å²) in [4.78, 5) is 0. The van der Waals surface area contributed by atoms with Crippen molar-refractivity contribution in [3.05, 3.63) is 52.5 Å². The molecule has 0 aliphatic rings. The molecule has 0 saturated carbocycles. The van der Waals surface area contributed by atoms with Crippen LogP contribution in [0.5, 0.6) is 5.75 Å². The molecule has 2 rings (SSSR count). The fraction of sp³-hybridized carbons (Fsp3) is 0.200. The quantitative estimate of drug-likeness (QED) is 0.751. The third kappa shape index (κ3) is 2.45. The predicted octanol–water partition coefficient (Wildman–Crippen LogP) is 4.63. The first-order valence-corrected chi connectivity index (χ1v) is 5.91. The average Bonchev–Trinajstić information content (AvgIpc) is 2.33. The van der Waals surface area contributed by atoms with Crippen LogP contribution in [0.2, 0.25) is 5.02 Å². The monoisotopic (exact) mass is 246 g/mol. The van der Waals surface area contributed by atoms with Gasteiger partial charge in [0.25, 0.3) is 0 Å². The van der Waals surface area contributed by atoms with Gasteiger partial charge >= 0.3 is 0 Å². The molecule has 2 heteroatoms. The van der Waals surface area contributed by atoms with Gasteiger partial charge in [-0.05, 0) is 43.2 Å². The number of ether oxygens (including phenoxy) is 1. The molecule has 0 heterocycles. The highest BCUT2D eigenvalue weighted by Gasteiger charge is 2.08. The maximum absolute atomic E-state index is 6.26. The second-order valence-corrected chi connectivity index (χ2v) is 4.57. The molecule has 0 saturated heterocycles. The minimum absolute atomic E-state index is 0.750. The highest BCUT2D eigenvalue weighted by molar-refractivity contribution is 6.33. The first-order valence-electron chi connectivity index (χ1n) is 5.53. The van der Waals surface area contributed by atoms with Crippen molar-refractivity contribution in [1.82, 2.24) is 0 Å². The van der Waals surface area contributed by atoms with Crippen molar-refractivity contribution < 1.29 is 4.74 Å². The Hall–Kier alpha value is -1.47. The fourth-order valence-electron chi connectivity index (χ4n) is 1.86. The van der Waals surface area contributed by atoms with Gasteiger partial charge in [0.05, 0.1) is 7.11 Å². The van der Waals surface area contributed by atoms with E-state index in [9.17, 15) is 0 Å². The van der Waals surface area contributed by atoms with E-state index in [4.69, 9.17) is 16.3 Å². The van der Waals surface area contributed by atoms with Gasteiger partial charge in [-0.2, -0.15) is 0 Å². The third-order valence-corrected chi connectivity index (χ3v) is 3.19. The van der Waals surface area contributed by atoms with E-state index in [1.807, 2.05) is 18.2 Å². The first-order chi connectivity index (χ1) is 8.11. The van der Waals surface area contributed by atoms with Gasteiger partial charge in [-0.3, -0.25) is 0 Å². The van der Waals surface area contributed by atoms with E-state index in [2.05, 4.69) is 32.0 Å². The zero-order valence-electron chi connectivity index (χ0n) is 10.3. The van der Waals surface area contributed by atoms with Gasteiger partial charge in [0, 0.05) is 10.6 Å². The van der Waals surface area contributed by atoms with Crippen LogP contribution in [0.1, 0.15) is 11.1 Å². The average molecular weight is 247 g/mol. The molecule has 0 aliphatic heterocycles. The summed E-state index contributed by atoms with van der Waals surface area (Å²) >= 11 is 6.26. The van der Waals surface area contributed by atoms with Crippen molar-refractivity contribution in [2.24, 2.45) is 0 Å². The minimum Gasteiger partial charge on any atom is -0.497 e. The molecule has 2 aromatic rings. The van der Waals surface area contributed by atoms with Crippen molar-refractivity contribution in [1.29, 1.82) is 0 Å². The SMILES string of the molecule is COc1ccc(Cl)c(-c2cc(C)ccc2C)c1. The molecular formula is C15H15ClO. The summed E-state index contributed by atoms with van der Waals surface area (Å²) in [6.07, 6.45) is 0. The zero-order chi connectivity index (χ0) is 12.4. The lowest BCUT2D eigenvalue weighted by Gasteiger charge is -2.11. The standard InChI is InChI=1S/C15H15ClO/c1-10-4-5-11(2)13(8-10)14-9-12(17-3)6-7-15(14)16/h4-9H,1-3H3. The number of halogens is 1. The normalized spacial score (nSPS) is 10.4. The lowest BCUT2D eigenvalue weighted by molar-refractivity contribution is 0.415. The molecule has 0 radical (unpaired) electrons. The van der Waals surface area contributed by atoms with E-state index in [-0.39, 0.29) is 0 Å². The Balaban J connectivity index is 2.62. The van der Waals surface area contributed by atoms with Gasteiger partial charge in [-0.15, -0.1) is 0 Å². The molecule has 0 amide bonds. The summed E-state index contributed by atoms with van der Waals surface area (Å²) in [6.45, 7) is 4.17. The molecule has 88 valence electrons. The van der Waals surface area contributed by atoms with Crippen LogP contribution in [-0.4, -0.2) is 7.11 Å². The lowest BCUT2D eigenvalue weighted by atomic mass is 9.98. The number of hydrogen-bond acceptors (Lipinski definition) is 1. The van der Waals surface area contributed by atoms with Crippen LogP contribution >= 0.6 is 11.6 Å². The highest BCUT2D eigenvalue weighted by atomic mass is 35.5. The molecule has 0 unspecified atom stereocenters. The van der Waals surface area contributed by atoms with Crippen LogP contribution < -0.4 is 4.74 Å². The smallest absolute Gasteiger partial charge is 0.119 e. The number of aryl methyl sites for hydroxylation is 2. The van der Waals surface area contributed by atoms with Crippen LogP contribution in [-0.2, 0) is 0 Å². The van der Waals surface area contributed by atoms with Crippen molar-refractivity contribution in [3.8, 4) is 16.9 Å². The van der Waals surface area contributed by atoms with E-state index in [0.29, 0.717) is 0 Å². The summed E-state index contributed by atoms with van der Waals surface area (Å²) in [5.41, 5.74) is 4.62. The minimum atomic E-state index is 0.750. The largest absolute Gasteiger partial charge is 0.497 e. The van der Waals surface area contributed by atoms with Crippen LogP contribution in [0.25, 0.3) is 11.1 Å². The Morgan fingerprint density at radius 1 is 0.941 bits per heavy atom. The van der Waals surface area contributed by atoms with Gasteiger partial charge in [-0.1, -0.05) is 35.4 Å². The summed E-state index contributed by atoms with van der Waals surface area (Å²) in [5, 5.41) is 0.750. The number of hydrogen-bond donors (Lipinski definition) is 0. The van der Waals surface area contributed by atoms with Crippen LogP contribution in [0.3, 0.4) is 0 Å². The third-order valence-electron chi connectivity index (χ3n) is 2.86. The molecule has 0 N–H and O–H groups in total. The second kappa shape index (κ2) is 4.80. The van der Waals surface area contributed by atoms with E-state index < -0.39 is 0 Å². The van der Waals surface area contributed by atoms with Crippen molar-refractivity contribution in [2.45, 2.75) is 13.8 Å². The summed E-state index contributed by atoms with van der Waals surface area (Å²) in [7, 11) is 1.66. The van der Waals surface area contributed by atoms with Crippen molar-refractivity contribution in [3.63, 3.8) is 0 Å². The molecule has 0 fully saturated rings. The van der Waals surface area contributed by atoms with E-state index in [1.165, 1.54) is 11.1 Å². The summed E-state index contributed by atoms with van der Waals surface area (Å²) < 4.78 is 5.24. The summed E-state index contributed by atoms with van der Waals surface area (Å²) in [6, 6.07) is 12.1. The van der Waals surface area contributed by atoms with Crippen molar-refractivity contribution >= 4 is 11.6 Å². The molecule has 0 aromatic heterocycles. The molecular weight excluding hydrogens is 232 g/mol. The highest BCUT2D eigenvalue weighted by Crippen LogP contribution is 2.33. The Morgan fingerprint density at radius 2 is 1.71 bits per heavy atom. The fourth-order valence-corrected chi connectivity index (χ4v) is 2.08. The Morgan fingerprint density at radius 3 is 2.41 bits per heavy atom. The van der Waals surface area contributed by atoms with Crippen LogP contribution in [0.15, 0.2) is 36.4 Å². The Kier molecular flexibility index (Phi) is 3.39.